The summed E-state index contributed by atoms with van der Waals surface area (Å²) < 4.78 is 18.3. The molecule has 3 N–H and O–H groups in total. The van der Waals surface area contributed by atoms with Crippen molar-refractivity contribution in [3.8, 4) is 0 Å². The molecule has 144 valence electrons. The van der Waals surface area contributed by atoms with Gasteiger partial charge in [0.1, 0.15) is 11.4 Å². The molecule has 0 unspecified atom stereocenters. The van der Waals surface area contributed by atoms with Crippen molar-refractivity contribution in [3.63, 3.8) is 0 Å². The standard InChI is InChI=1S/C19H21ClFN3O3/c1-19(2,3)27-18(26)24-14-7-5-13(6-8-14)23-17(25)22-11-12-4-9-16(21)15(20)10-12/h4-10H,11H2,1-3H3,(H,24,26)(H2,22,23,25). The molecule has 0 heterocycles. The summed E-state index contributed by atoms with van der Waals surface area (Å²) in [7, 11) is 0. The summed E-state index contributed by atoms with van der Waals surface area (Å²) in [6.07, 6.45) is -0.557. The van der Waals surface area contributed by atoms with Crippen molar-refractivity contribution in [1.82, 2.24) is 5.32 Å². The van der Waals surface area contributed by atoms with E-state index in [0.717, 1.165) is 0 Å². The van der Waals surface area contributed by atoms with Crippen LogP contribution in [0.5, 0.6) is 0 Å². The largest absolute Gasteiger partial charge is 0.444 e. The third kappa shape index (κ3) is 7.15. The lowest BCUT2D eigenvalue weighted by atomic mass is 10.2. The van der Waals surface area contributed by atoms with Crippen molar-refractivity contribution >= 4 is 35.1 Å². The molecule has 0 aliphatic heterocycles. The first-order chi connectivity index (χ1) is 12.6. The Kier molecular flexibility index (Phi) is 6.63. The van der Waals surface area contributed by atoms with Gasteiger partial charge in [-0.3, -0.25) is 5.32 Å². The molecular weight excluding hydrogens is 373 g/mol. The Balaban J connectivity index is 1.83. The molecule has 0 atom stereocenters. The third-order valence-electron chi connectivity index (χ3n) is 3.23. The van der Waals surface area contributed by atoms with E-state index in [1.54, 1.807) is 51.1 Å². The first-order valence-corrected chi connectivity index (χ1v) is 8.59. The van der Waals surface area contributed by atoms with E-state index in [-0.39, 0.29) is 11.6 Å². The molecular formula is C19H21ClFN3O3. The van der Waals surface area contributed by atoms with Gasteiger partial charge in [0.15, 0.2) is 0 Å². The lowest BCUT2D eigenvalue weighted by Crippen LogP contribution is -2.28. The second-order valence-corrected chi connectivity index (χ2v) is 7.17. The van der Waals surface area contributed by atoms with Crippen LogP contribution in [0.25, 0.3) is 0 Å². The number of anilines is 2. The van der Waals surface area contributed by atoms with Gasteiger partial charge in [-0.25, -0.2) is 14.0 Å². The van der Waals surface area contributed by atoms with Crippen LogP contribution in [0.1, 0.15) is 26.3 Å². The van der Waals surface area contributed by atoms with E-state index in [2.05, 4.69) is 16.0 Å². The van der Waals surface area contributed by atoms with Crippen molar-refractivity contribution in [2.75, 3.05) is 10.6 Å². The fraction of sp³-hybridized carbons (Fsp3) is 0.263. The third-order valence-corrected chi connectivity index (χ3v) is 3.51. The molecule has 0 saturated heterocycles. The van der Waals surface area contributed by atoms with Crippen molar-refractivity contribution in [2.45, 2.75) is 32.9 Å². The van der Waals surface area contributed by atoms with Gasteiger partial charge in [0.05, 0.1) is 5.02 Å². The van der Waals surface area contributed by atoms with E-state index in [4.69, 9.17) is 16.3 Å². The fourth-order valence-electron chi connectivity index (χ4n) is 2.07. The van der Waals surface area contributed by atoms with E-state index in [1.807, 2.05) is 0 Å². The minimum absolute atomic E-state index is 0.00258. The van der Waals surface area contributed by atoms with Gasteiger partial charge in [-0.2, -0.15) is 0 Å². The molecule has 0 spiro atoms. The topological polar surface area (TPSA) is 79.5 Å². The molecule has 0 radical (unpaired) electrons. The molecule has 6 nitrogen and oxygen atoms in total. The zero-order chi connectivity index (χ0) is 20.0. The number of benzene rings is 2. The molecule has 27 heavy (non-hydrogen) atoms. The van der Waals surface area contributed by atoms with Crippen LogP contribution < -0.4 is 16.0 Å². The van der Waals surface area contributed by atoms with Crippen molar-refractivity contribution in [2.24, 2.45) is 0 Å². The van der Waals surface area contributed by atoms with E-state index in [1.165, 1.54) is 12.1 Å². The molecule has 8 heteroatoms. The maximum absolute atomic E-state index is 13.1. The summed E-state index contributed by atoms with van der Waals surface area (Å²) in [5, 5.41) is 7.91. The van der Waals surface area contributed by atoms with Crippen LogP contribution in [0.4, 0.5) is 25.4 Å². The Morgan fingerprint density at radius 2 is 1.63 bits per heavy atom. The Hall–Kier alpha value is -2.80. The number of ether oxygens (including phenoxy) is 1. The Labute approximate surface area is 162 Å². The fourth-order valence-corrected chi connectivity index (χ4v) is 2.27. The zero-order valence-electron chi connectivity index (χ0n) is 15.2. The van der Waals surface area contributed by atoms with Gasteiger partial charge in [0.2, 0.25) is 0 Å². The Bertz CT molecular complexity index is 820. The highest BCUT2D eigenvalue weighted by molar-refractivity contribution is 6.30. The zero-order valence-corrected chi connectivity index (χ0v) is 16.0. The SMILES string of the molecule is CC(C)(C)OC(=O)Nc1ccc(NC(=O)NCc2ccc(F)c(Cl)c2)cc1. The molecule has 0 aliphatic rings. The van der Waals surface area contributed by atoms with E-state index < -0.39 is 23.5 Å². The number of urea groups is 1. The summed E-state index contributed by atoms with van der Waals surface area (Å²) in [5.41, 5.74) is 1.17. The minimum atomic E-state index is -0.585. The van der Waals surface area contributed by atoms with Gasteiger partial charge < -0.3 is 15.4 Å². The minimum Gasteiger partial charge on any atom is -0.444 e. The maximum Gasteiger partial charge on any atom is 0.412 e. The number of hydrogen-bond donors (Lipinski definition) is 3. The van der Waals surface area contributed by atoms with Crippen LogP contribution in [-0.2, 0) is 11.3 Å². The van der Waals surface area contributed by atoms with Gasteiger partial charge >= 0.3 is 12.1 Å². The van der Waals surface area contributed by atoms with Gasteiger partial charge in [-0.15, -0.1) is 0 Å². The summed E-state index contributed by atoms with van der Waals surface area (Å²) in [6.45, 7) is 5.53. The monoisotopic (exact) mass is 393 g/mol. The van der Waals surface area contributed by atoms with Gasteiger partial charge in [-0.1, -0.05) is 17.7 Å². The van der Waals surface area contributed by atoms with Crippen LogP contribution in [-0.4, -0.2) is 17.7 Å². The van der Waals surface area contributed by atoms with E-state index in [9.17, 15) is 14.0 Å². The van der Waals surface area contributed by atoms with Crippen LogP contribution in [0.15, 0.2) is 42.5 Å². The highest BCUT2D eigenvalue weighted by Gasteiger charge is 2.16. The average Bonchev–Trinajstić information content (AvgIpc) is 2.56. The quantitative estimate of drug-likeness (QED) is 0.672. The van der Waals surface area contributed by atoms with Gasteiger partial charge in [-0.05, 0) is 62.7 Å². The van der Waals surface area contributed by atoms with Crippen LogP contribution in [0.3, 0.4) is 0 Å². The first-order valence-electron chi connectivity index (χ1n) is 8.21. The van der Waals surface area contributed by atoms with Crippen molar-refractivity contribution in [1.29, 1.82) is 0 Å². The summed E-state index contributed by atoms with van der Waals surface area (Å²) in [4.78, 5) is 23.6. The molecule has 0 aromatic heterocycles. The normalized spacial score (nSPS) is 10.9. The number of nitrogens with one attached hydrogen (secondary N) is 3. The molecule has 0 bridgehead atoms. The number of carbonyl (C=O) groups excluding carboxylic acids is 2. The van der Waals surface area contributed by atoms with E-state index >= 15 is 0 Å². The molecule has 2 rings (SSSR count). The Morgan fingerprint density at radius 3 is 2.19 bits per heavy atom. The smallest absolute Gasteiger partial charge is 0.412 e. The molecule has 0 fully saturated rings. The molecule has 0 aliphatic carbocycles. The number of amides is 3. The maximum atomic E-state index is 13.1. The number of halogens is 2. The van der Waals surface area contributed by atoms with E-state index in [0.29, 0.717) is 16.9 Å². The van der Waals surface area contributed by atoms with Gasteiger partial charge in [0, 0.05) is 17.9 Å². The molecule has 3 amide bonds. The number of carbonyl (C=O) groups is 2. The second-order valence-electron chi connectivity index (χ2n) is 6.76. The van der Waals surface area contributed by atoms with Crippen molar-refractivity contribution < 1.29 is 18.7 Å². The first kappa shape index (κ1) is 20.5. The highest BCUT2D eigenvalue weighted by atomic mass is 35.5. The molecule has 0 saturated carbocycles. The molecule has 2 aromatic rings. The number of hydrogen-bond acceptors (Lipinski definition) is 3. The second kappa shape index (κ2) is 8.73. The number of rotatable bonds is 4. The van der Waals surface area contributed by atoms with Gasteiger partial charge in [0.25, 0.3) is 0 Å². The Morgan fingerprint density at radius 1 is 1.04 bits per heavy atom. The van der Waals surface area contributed by atoms with Crippen molar-refractivity contribution in [3.05, 3.63) is 58.9 Å². The lowest BCUT2D eigenvalue weighted by Gasteiger charge is -2.19. The summed E-state index contributed by atoms with van der Waals surface area (Å²) in [5.74, 6) is -0.509. The predicted molar refractivity (Wildman–Crippen MR) is 104 cm³/mol. The average molecular weight is 394 g/mol. The highest BCUT2D eigenvalue weighted by Crippen LogP contribution is 2.17. The predicted octanol–water partition coefficient (Wildman–Crippen LogP) is 5.15. The lowest BCUT2D eigenvalue weighted by molar-refractivity contribution is 0.0636. The molecule has 2 aromatic carbocycles. The van der Waals surface area contributed by atoms with Crippen LogP contribution in [0.2, 0.25) is 5.02 Å². The summed E-state index contributed by atoms with van der Waals surface area (Å²) >= 11 is 5.70. The van der Waals surface area contributed by atoms with Crippen LogP contribution >= 0.6 is 11.6 Å². The van der Waals surface area contributed by atoms with Crippen LogP contribution in [0, 0.1) is 5.82 Å². The summed E-state index contributed by atoms with van der Waals surface area (Å²) in [6, 6.07) is 10.4.